The van der Waals surface area contributed by atoms with Crippen molar-refractivity contribution in [2.45, 2.75) is 38.5 Å². The minimum atomic E-state index is 0.658. The van der Waals surface area contributed by atoms with Crippen LogP contribution in [0.5, 0.6) is 0 Å². The lowest BCUT2D eigenvalue weighted by Gasteiger charge is -2.39. The highest BCUT2D eigenvalue weighted by atomic mass is 14.9. The van der Waals surface area contributed by atoms with Gasteiger partial charge in [-0.2, -0.15) is 0 Å². The first kappa shape index (κ1) is 9.47. The lowest BCUT2D eigenvalue weighted by atomic mass is 9.73. The Morgan fingerprint density at radius 1 is 0.692 bits per heavy atom. The normalized spacial score (nSPS) is 36.9. The Bertz CT molecular complexity index is 140. The van der Waals surface area contributed by atoms with Crippen molar-refractivity contribution in [2.24, 2.45) is 5.41 Å². The van der Waals surface area contributed by atoms with Crippen LogP contribution in [-0.4, -0.2) is 26.2 Å². The molecule has 0 saturated carbocycles. The van der Waals surface area contributed by atoms with Crippen LogP contribution in [-0.2, 0) is 0 Å². The van der Waals surface area contributed by atoms with Gasteiger partial charge in [0.1, 0.15) is 0 Å². The second-order valence-electron chi connectivity index (χ2n) is 4.74. The van der Waals surface area contributed by atoms with E-state index in [1.807, 2.05) is 0 Å². The van der Waals surface area contributed by atoms with E-state index in [9.17, 15) is 0 Å². The van der Waals surface area contributed by atoms with Gasteiger partial charge < -0.3 is 10.6 Å². The fourth-order valence-corrected chi connectivity index (χ4v) is 2.81. The third kappa shape index (κ3) is 2.44. The van der Waals surface area contributed by atoms with Crippen LogP contribution in [0.4, 0.5) is 0 Å². The molecule has 1 unspecified atom stereocenters. The van der Waals surface area contributed by atoms with Gasteiger partial charge in [0.25, 0.3) is 0 Å². The van der Waals surface area contributed by atoms with E-state index in [1.165, 1.54) is 64.7 Å². The maximum absolute atomic E-state index is 3.57. The van der Waals surface area contributed by atoms with E-state index in [0.29, 0.717) is 5.41 Å². The standard InChI is InChI=1S/C11H22N2/c1-2-7-12-9-6-11(4-1)5-3-8-13-10-11/h12-13H,1-10H2. The Kier molecular flexibility index (Phi) is 3.23. The molecule has 2 aliphatic rings. The monoisotopic (exact) mass is 182 g/mol. The summed E-state index contributed by atoms with van der Waals surface area (Å²) in [5.74, 6) is 0. The maximum atomic E-state index is 3.57. The first-order valence-corrected chi connectivity index (χ1v) is 5.83. The number of hydrogen-bond acceptors (Lipinski definition) is 2. The Morgan fingerprint density at radius 3 is 2.38 bits per heavy atom. The summed E-state index contributed by atoms with van der Waals surface area (Å²) in [6.07, 6.45) is 8.50. The van der Waals surface area contributed by atoms with E-state index in [-0.39, 0.29) is 0 Å². The smallest absolute Gasteiger partial charge is 0.000829 e. The van der Waals surface area contributed by atoms with Gasteiger partial charge in [-0.15, -0.1) is 0 Å². The van der Waals surface area contributed by atoms with E-state index in [2.05, 4.69) is 10.6 Å². The molecule has 2 heteroatoms. The molecule has 1 atom stereocenters. The average molecular weight is 182 g/mol. The summed E-state index contributed by atoms with van der Waals surface area (Å²) in [5.41, 5.74) is 0.658. The highest BCUT2D eigenvalue weighted by Crippen LogP contribution is 2.35. The summed E-state index contributed by atoms with van der Waals surface area (Å²) in [4.78, 5) is 0. The van der Waals surface area contributed by atoms with E-state index in [1.54, 1.807) is 0 Å². The minimum absolute atomic E-state index is 0.658. The molecule has 2 N–H and O–H groups in total. The Hall–Kier alpha value is -0.0800. The molecule has 0 aliphatic carbocycles. The number of piperidine rings is 1. The zero-order valence-electron chi connectivity index (χ0n) is 8.57. The summed E-state index contributed by atoms with van der Waals surface area (Å²) in [6.45, 7) is 5.00. The first-order valence-electron chi connectivity index (χ1n) is 5.83. The average Bonchev–Trinajstić information content (AvgIpc) is 2.14. The van der Waals surface area contributed by atoms with Gasteiger partial charge in [-0.25, -0.2) is 0 Å². The molecule has 2 heterocycles. The van der Waals surface area contributed by atoms with Crippen molar-refractivity contribution in [1.82, 2.24) is 10.6 Å². The van der Waals surface area contributed by atoms with Crippen molar-refractivity contribution in [3.8, 4) is 0 Å². The predicted molar refractivity (Wildman–Crippen MR) is 55.9 cm³/mol. The van der Waals surface area contributed by atoms with E-state index in [4.69, 9.17) is 0 Å². The number of hydrogen-bond donors (Lipinski definition) is 2. The topological polar surface area (TPSA) is 24.1 Å². The molecule has 13 heavy (non-hydrogen) atoms. The van der Waals surface area contributed by atoms with Crippen molar-refractivity contribution < 1.29 is 0 Å². The summed E-state index contributed by atoms with van der Waals surface area (Å²) >= 11 is 0. The Balaban J connectivity index is 1.91. The fourth-order valence-electron chi connectivity index (χ4n) is 2.81. The van der Waals surface area contributed by atoms with E-state index < -0.39 is 0 Å². The van der Waals surface area contributed by atoms with Gasteiger partial charge in [0.2, 0.25) is 0 Å². The molecule has 2 rings (SSSR count). The summed E-state index contributed by atoms with van der Waals surface area (Å²) in [5, 5.41) is 7.10. The fraction of sp³-hybridized carbons (Fsp3) is 1.00. The molecular weight excluding hydrogens is 160 g/mol. The van der Waals surface area contributed by atoms with Gasteiger partial charge in [-0.3, -0.25) is 0 Å². The molecule has 2 fully saturated rings. The molecule has 0 radical (unpaired) electrons. The molecule has 76 valence electrons. The molecule has 2 saturated heterocycles. The minimum Gasteiger partial charge on any atom is -0.317 e. The number of rotatable bonds is 0. The Labute approximate surface area is 81.5 Å². The van der Waals surface area contributed by atoms with Gasteiger partial charge in [-0.1, -0.05) is 6.42 Å². The molecule has 2 aliphatic heterocycles. The third-order valence-corrected chi connectivity index (χ3v) is 3.70. The van der Waals surface area contributed by atoms with Crippen molar-refractivity contribution >= 4 is 0 Å². The molecule has 0 aromatic rings. The second-order valence-corrected chi connectivity index (χ2v) is 4.74. The van der Waals surface area contributed by atoms with Crippen LogP contribution in [0.3, 0.4) is 0 Å². The van der Waals surface area contributed by atoms with Crippen LogP contribution >= 0.6 is 0 Å². The van der Waals surface area contributed by atoms with Crippen molar-refractivity contribution in [1.29, 1.82) is 0 Å². The first-order chi connectivity index (χ1) is 6.41. The number of nitrogens with one attached hydrogen (secondary N) is 2. The maximum Gasteiger partial charge on any atom is 0.000829 e. The molecular formula is C11H22N2. The van der Waals surface area contributed by atoms with Gasteiger partial charge in [0, 0.05) is 6.54 Å². The van der Waals surface area contributed by atoms with Crippen LogP contribution in [0.15, 0.2) is 0 Å². The van der Waals surface area contributed by atoms with Crippen LogP contribution in [0.1, 0.15) is 38.5 Å². The van der Waals surface area contributed by atoms with Crippen LogP contribution in [0, 0.1) is 5.41 Å². The summed E-state index contributed by atoms with van der Waals surface area (Å²) < 4.78 is 0. The zero-order chi connectivity index (χ0) is 8.99. The van der Waals surface area contributed by atoms with E-state index >= 15 is 0 Å². The van der Waals surface area contributed by atoms with Gasteiger partial charge >= 0.3 is 0 Å². The molecule has 0 aromatic heterocycles. The zero-order valence-corrected chi connectivity index (χ0v) is 8.57. The second kappa shape index (κ2) is 4.43. The molecule has 0 amide bonds. The molecule has 0 bridgehead atoms. The van der Waals surface area contributed by atoms with Crippen molar-refractivity contribution in [3.63, 3.8) is 0 Å². The molecule has 2 nitrogen and oxygen atoms in total. The van der Waals surface area contributed by atoms with Gasteiger partial charge in [0.05, 0.1) is 0 Å². The van der Waals surface area contributed by atoms with Crippen LogP contribution < -0.4 is 10.6 Å². The lowest BCUT2D eigenvalue weighted by molar-refractivity contribution is 0.161. The Morgan fingerprint density at radius 2 is 1.54 bits per heavy atom. The SMILES string of the molecule is C1CCC2(CCCNC2)CCNC1. The predicted octanol–water partition coefficient (Wildman–Crippen LogP) is 1.52. The third-order valence-electron chi connectivity index (χ3n) is 3.70. The van der Waals surface area contributed by atoms with Gasteiger partial charge in [-0.05, 0) is 57.2 Å². The molecule has 0 aromatic carbocycles. The van der Waals surface area contributed by atoms with Crippen LogP contribution in [0.2, 0.25) is 0 Å². The highest BCUT2D eigenvalue weighted by Gasteiger charge is 2.31. The van der Waals surface area contributed by atoms with Crippen molar-refractivity contribution in [2.75, 3.05) is 26.2 Å². The quantitative estimate of drug-likeness (QED) is 0.593. The summed E-state index contributed by atoms with van der Waals surface area (Å²) in [7, 11) is 0. The van der Waals surface area contributed by atoms with Crippen molar-refractivity contribution in [3.05, 3.63) is 0 Å². The van der Waals surface area contributed by atoms with Gasteiger partial charge in [0.15, 0.2) is 0 Å². The largest absolute Gasteiger partial charge is 0.317 e. The van der Waals surface area contributed by atoms with Crippen LogP contribution in [0.25, 0.3) is 0 Å². The lowest BCUT2D eigenvalue weighted by Crippen LogP contribution is -2.42. The molecule has 1 spiro atoms. The highest BCUT2D eigenvalue weighted by molar-refractivity contribution is 4.86. The van der Waals surface area contributed by atoms with E-state index in [0.717, 1.165) is 0 Å². The summed E-state index contributed by atoms with van der Waals surface area (Å²) in [6, 6.07) is 0.